The predicted molar refractivity (Wildman–Crippen MR) is 155 cm³/mol. The van der Waals surface area contributed by atoms with Gasteiger partial charge in [-0.15, -0.1) is 0 Å². The minimum Gasteiger partial charge on any atom is -0.351 e. The minimum atomic E-state index is -0.168. The van der Waals surface area contributed by atoms with Crippen molar-refractivity contribution in [2.24, 2.45) is 11.8 Å². The van der Waals surface area contributed by atoms with Gasteiger partial charge in [-0.3, -0.25) is 9.59 Å². The molecule has 3 aromatic rings. The molecule has 39 heavy (non-hydrogen) atoms. The quantitative estimate of drug-likeness (QED) is 0.406. The largest absolute Gasteiger partial charge is 0.351 e. The molecule has 4 rings (SSSR count). The van der Waals surface area contributed by atoms with Crippen molar-refractivity contribution in [1.82, 2.24) is 15.0 Å². The average Bonchev–Trinajstić information content (AvgIpc) is 3.35. The van der Waals surface area contributed by atoms with Gasteiger partial charge in [0.05, 0.1) is 12.1 Å². The zero-order valence-corrected chi connectivity index (χ0v) is 23.8. The number of nitrogens with zero attached hydrogens (tertiary/aromatic N) is 4. The molecular weight excluding hydrogens is 488 g/mol. The molecule has 0 spiro atoms. The Labute approximate surface area is 232 Å². The van der Waals surface area contributed by atoms with Crippen LogP contribution >= 0.6 is 0 Å². The highest BCUT2D eigenvalue weighted by molar-refractivity contribution is 5.96. The SMILES string of the molecule is CC(C)Cc1cc(C(=O)N2CCN(CC(C)C)CCCN(C(=O)Cc3ccccc3)c3ccccc3C2)on1. The Morgan fingerprint density at radius 3 is 2.38 bits per heavy atom. The maximum atomic E-state index is 13.7. The molecule has 0 fully saturated rings. The molecule has 0 radical (unpaired) electrons. The summed E-state index contributed by atoms with van der Waals surface area (Å²) >= 11 is 0. The van der Waals surface area contributed by atoms with E-state index in [9.17, 15) is 9.59 Å². The Hall–Kier alpha value is -3.45. The van der Waals surface area contributed by atoms with Gasteiger partial charge in [0, 0.05) is 44.5 Å². The number of hydrogen-bond acceptors (Lipinski definition) is 5. The highest BCUT2D eigenvalue weighted by atomic mass is 16.5. The molecule has 0 bridgehead atoms. The van der Waals surface area contributed by atoms with Crippen molar-refractivity contribution in [2.75, 3.05) is 37.6 Å². The summed E-state index contributed by atoms with van der Waals surface area (Å²) in [6.07, 6.45) is 1.96. The maximum Gasteiger partial charge on any atom is 0.292 e. The lowest BCUT2D eigenvalue weighted by molar-refractivity contribution is -0.118. The van der Waals surface area contributed by atoms with Gasteiger partial charge in [-0.25, -0.2) is 0 Å². The second-order valence-corrected chi connectivity index (χ2v) is 11.4. The molecule has 0 saturated heterocycles. The molecule has 0 N–H and O–H groups in total. The highest BCUT2D eigenvalue weighted by Crippen LogP contribution is 2.25. The van der Waals surface area contributed by atoms with Gasteiger partial charge in [0.1, 0.15) is 0 Å². The van der Waals surface area contributed by atoms with Gasteiger partial charge < -0.3 is 19.2 Å². The van der Waals surface area contributed by atoms with Crippen LogP contribution < -0.4 is 4.90 Å². The van der Waals surface area contributed by atoms with Gasteiger partial charge in [-0.2, -0.15) is 0 Å². The van der Waals surface area contributed by atoms with Crippen LogP contribution in [0.15, 0.2) is 65.2 Å². The van der Waals surface area contributed by atoms with Crippen LogP contribution in [-0.4, -0.2) is 59.5 Å². The average molecular weight is 531 g/mol. The molecule has 208 valence electrons. The van der Waals surface area contributed by atoms with E-state index in [1.807, 2.05) is 64.4 Å². The number of aromatic nitrogens is 1. The number of benzene rings is 2. The first-order chi connectivity index (χ1) is 18.8. The highest BCUT2D eigenvalue weighted by Gasteiger charge is 2.26. The lowest BCUT2D eigenvalue weighted by atomic mass is 10.1. The molecule has 1 aliphatic rings. The van der Waals surface area contributed by atoms with E-state index in [1.54, 1.807) is 6.07 Å². The van der Waals surface area contributed by atoms with Crippen LogP contribution in [0.2, 0.25) is 0 Å². The Morgan fingerprint density at radius 2 is 1.64 bits per heavy atom. The lowest BCUT2D eigenvalue weighted by Gasteiger charge is -2.28. The summed E-state index contributed by atoms with van der Waals surface area (Å²) < 4.78 is 5.52. The van der Waals surface area contributed by atoms with Crippen molar-refractivity contribution in [3.63, 3.8) is 0 Å². The Kier molecular flexibility index (Phi) is 9.93. The molecule has 7 heteroatoms. The van der Waals surface area contributed by atoms with Gasteiger partial charge >= 0.3 is 0 Å². The third-order valence-electron chi connectivity index (χ3n) is 6.98. The summed E-state index contributed by atoms with van der Waals surface area (Å²) in [6.45, 7) is 12.8. The zero-order chi connectivity index (χ0) is 27.8. The number of para-hydroxylation sites is 1. The van der Waals surface area contributed by atoms with Gasteiger partial charge in [0.25, 0.3) is 5.91 Å². The summed E-state index contributed by atoms with van der Waals surface area (Å²) in [4.78, 5) is 33.6. The van der Waals surface area contributed by atoms with Crippen LogP contribution in [0.25, 0.3) is 0 Å². The first-order valence-corrected chi connectivity index (χ1v) is 14.2. The molecule has 2 aromatic carbocycles. The molecule has 0 saturated carbocycles. The van der Waals surface area contributed by atoms with E-state index in [0.717, 1.165) is 55.0 Å². The van der Waals surface area contributed by atoms with E-state index in [4.69, 9.17) is 4.52 Å². The van der Waals surface area contributed by atoms with Crippen LogP contribution in [0.4, 0.5) is 5.69 Å². The van der Waals surface area contributed by atoms with E-state index >= 15 is 0 Å². The molecule has 2 amide bonds. The molecule has 0 unspecified atom stereocenters. The monoisotopic (exact) mass is 530 g/mol. The van der Waals surface area contributed by atoms with Crippen LogP contribution in [0.1, 0.15) is 61.5 Å². The molecular formula is C32H42N4O3. The summed E-state index contributed by atoms with van der Waals surface area (Å²) in [5.41, 5.74) is 3.61. The van der Waals surface area contributed by atoms with Gasteiger partial charge in [-0.05, 0) is 48.4 Å². The van der Waals surface area contributed by atoms with Crippen molar-refractivity contribution in [2.45, 2.75) is 53.5 Å². The second-order valence-electron chi connectivity index (χ2n) is 11.4. The fourth-order valence-electron chi connectivity index (χ4n) is 5.22. The number of rotatable bonds is 7. The lowest BCUT2D eigenvalue weighted by Crippen LogP contribution is -2.40. The van der Waals surface area contributed by atoms with E-state index < -0.39 is 0 Å². The number of carbonyl (C=O) groups excluding carboxylic acids is 2. The Morgan fingerprint density at radius 1 is 0.897 bits per heavy atom. The molecule has 2 heterocycles. The smallest absolute Gasteiger partial charge is 0.292 e. The second kappa shape index (κ2) is 13.6. The fraction of sp³-hybridized carbons (Fsp3) is 0.469. The normalized spacial score (nSPS) is 15.3. The van der Waals surface area contributed by atoms with Crippen molar-refractivity contribution < 1.29 is 14.1 Å². The molecule has 1 aliphatic heterocycles. The fourth-order valence-corrected chi connectivity index (χ4v) is 5.22. The summed E-state index contributed by atoms with van der Waals surface area (Å²) in [5.74, 6) is 1.09. The third kappa shape index (κ3) is 8.02. The first-order valence-electron chi connectivity index (χ1n) is 14.2. The van der Waals surface area contributed by atoms with Gasteiger partial charge in [0.2, 0.25) is 11.7 Å². The number of carbonyl (C=O) groups is 2. The van der Waals surface area contributed by atoms with Gasteiger partial charge in [-0.1, -0.05) is 81.4 Å². The van der Waals surface area contributed by atoms with E-state index in [0.29, 0.717) is 37.9 Å². The first kappa shape index (κ1) is 28.6. The number of fused-ring (bicyclic) bond motifs is 1. The van der Waals surface area contributed by atoms with E-state index in [1.165, 1.54) is 0 Å². The van der Waals surface area contributed by atoms with E-state index in [-0.39, 0.29) is 17.6 Å². The van der Waals surface area contributed by atoms with Crippen LogP contribution in [-0.2, 0) is 24.2 Å². The molecule has 7 nitrogen and oxygen atoms in total. The Balaban J connectivity index is 1.65. The van der Waals surface area contributed by atoms with Gasteiger partial charge in [0.15, 0.2) is 0 Å². The molecule has 0 aliphatic carbocycles. The van der Waals surface area contributed by atoms with E-state index in [2.05, 4.69) is 37.8 Å². The third-order valence-corrected chi connectivity index (χ3v) is 6.98. The zero-order valence-electron chi connectivity index (χ0n) is 23.8. The van der Waals surface area contributed by atoms with Crippen molar-refractivity contribution in [3.05, 3.63) is 83.2 Å². The van der Waals surface area contributed by atoms with Crippen molar-refractivity contribution in [1.29, 1.82) is 0 Å². The predicted octanol–water partition coefficient (Wildman–Crippen LogP) is 5.45. The van der Waals surface area contributed by atoms with Crippen LogP contribution in [0.5, 0.6) is 0 Å². The van der Waals surface area contributed by atoms with Crippen molar-refractivity contribution in [3.8, 4) is 0 Å². The Bertz CT molecular complexity index is 1220. The minimum absolute atomic E-state index is 0.0646. The number of anilines is 1. The topological polar surface area (TPSA) is 69.9 Å². The molecule has 1 aromatic heterocycles. The van der Waals surface area contributed by atoms with Crippen LogP contribution in [0.3, 0.4) is 0 Å². The standard InChI is InChI=1S/C32H42N4O3/c1-24(2)19-28-21-30(39-33-28)32(38)35-18-17-34(22-25(3)4)15-10-16-36(29-14-9-8-13-27(29)23-35)31(37)20-26-11-6-5-7-12-26/h5-9,11-14,21,24-25H,10,15-20,22-23H2,1-4H3. The van der Waals surface area contributed by atoms with Crippen LogP contribution in [0, 0.1) is 11.8 Å². The maximum absolute atomic E-state index is 13.7. The van der Waals surface area contributed by atoms with Crippen molar-refractivity contribution >= 4 is 17.5 Å². The molecule has 0 atom stereocenters. The number of amides is 2. The summed E-state index contributed by atoms with van der Waals surface area (Å²) in [7, 11) is 0. The number of hydrogen-bond donors (Lipinski definition) is 0. The summed E-state index contributed by atoms with van der Waals surface area (Å²) in [5, 5.41) is 4.15. The summed E-state index contributed by atoms with van der Waals surface area (Å²) in [6, 6.07) is 19.6.